The molecule has 144 valence electrons. The summed E-state index contributed by atoms with van der Waals surface area (Å²) >= 11 is 0. The van der Waals surface area contributed by atoms with Gasteiger partial charge in [-0.3, -0.25) is 4.79 Å². The lowest BCUT2D eigenvalue weighted by molar-refractivity contribution is -0.139. The lowest BCUT2D eigenvalue weighted by Gasteiger charge is -2.03. The third-order valence-electron chi connectivity index (χ3n) is 3.37. The number of ether oxygens (including phenoxy) is 2. The molecule has 4 heteroatoms. The first kappa shape index (κ1) is 23.5. The summed E-state index contributed by atoms with van der Waals surface area (Å²) in [6.07, 6.45) is 10.1. The van der Waals surface area contributed by atoms with Crippen LogP contribution >= 0.6 is 0 Å². The van der Waals surface area contributed by atoms with Crippen molar-refractivity contribution in [2.45, 2.75) is 47.5 Å². The zero-order valence-electron chi connectivity index (χ0n) is 16.8. The van der Waals surface area contributed by atoms with Crippen molar-refractivity contribution in [1.29, 1.82) is 0 Å². The number of hydrogen-bond acceptors (Lipinski definition) is 4. The quantitative estimate of drug-likeness (QED) is 0.502. The molecule has 1 aromatic rings. The Morgan fingerprint density at radius 1 is 1.15 bits per heavy atom. The number of rotatable bonds is 7. The summed E-state index contributed by atoms with van der Waals surface area (Å²) in [5.41, 5.74) is 3.63. The maximum atomic E-state index is 10.5. The monoisotopic (exact) mass is 360 g/mol. The van der Waals surface area contributed by atoms with E-state index in [2.05, 4.69) is 26.8 Å². The van der Waals surface area contributed by atoms with Crippen LogP contribution in [-0.2, 0) is 9.53 Å². The van der Waals surface area contributed by atoms with E-state index in [0.29, 0.717) is 12.4 Å². The van der Waals surface area contributed by atoms with Crippen molar-refractivity contribution in [3.05, 3.63) is 53.1 Å². The molecule has 1 aromatic carbocycles. The molecule has 0 aliphatic heterocycles. The largest absolute Gasteiger partial charge is 0.504 e. The predicted octanol–water partition coefficient (Wildman–Crippen LogP) is 5.68. The van der Waals surface area contributed by atoms with E-state index in [1.165, 1.54) is 25.2 Å². The van der Waals surface area contributed by atoms with Crippen LogP contribution in [0.1, 0.15) is 53.0 Å². The Bertz CT molecular complexity index is 636. The summed E-state index contributed by atoms with van der Waals surface area (Å²) in [5.74, 6) is 0.453. The molecule has 0 fully saturated rings. The van der Waals surface area contributed by atoms with E-state index in [4.69, 9.17) is 9.47 Å². The average Bonchev–Trinajstić information content (AvgIpc) is 2.56. The predicted molar refractivity (Wildman–Crippen MR) is 108 cm³/mol. The van der Waals surface area contributed by atoms with E-state index in [-0.39, 0.29) is 11.7 Å². The van der Waals surface area contributed by atoms with Gasteiger partial charge >= 0.3 is 5.97 Å². The highest BCUT2D eigenvalue weighted by atomic mass is 16.5. The van der Waals surface area contributed by atoms with Gasteiger partial charge in [-0.1, -0.05) is 35.4 Å². The molecular formula is C22H32O4. The summed E-state index contributed by atoms with van der Waals surface area (Å²) in [6, 6.07) is 5.24. The van der Waals surface area contributed by atoms with Crippen LogP contribution in [0.15, 0.2) is 47.6 Å². The molecule has 1 rings (SSSR count). The number of benzene rings is 1. The number of allylic oxidation sites excluding steroid dienone is 4. The Hall–Kier alpha value is -2.49. The van der Waals surface area contributed by atoms with Crippen LogP contribution in [0.4, 0.5) is 0 Å². The van der Waals surface area contributed by atoms with E-state index < -0.39 is 0 Å². The van der Waals surface area contributed by atoms with Gasteiger partial charge in [0.25, 0.3) is 0 Å². The van der Waals surface area contributed by atoms with Crippen molar-refractivity contribution < 1.29 is 19.4 Å². The minimum atomic E-state index is -0.224. The van der Waals surface area contributed by atoms with Crippen molar-refractivity contribution in [2.75, 3.05) is 13.7 Å². The normalized spacial score (nSPS) is 10.8. The summed E-state index contributed by atoms with van der Waals surface area (Å²) in [5, 5.41) is 9.25. The van der Waals surface area contributed by atoms with Crippen molar-refractivity contribution >= 4 is 12.0 Å². The highest BCUT2D eigenvalue weighted by molar-refractivity contribution is 5.66. The summed E-state index contributed by atoms with van der Waals surface area (Å²) in [7, 11) is 1.54. The van der Waals surface area contributed by atoms with E-state index >= 15 is 0 Å². The Morgan fingerprint density at radius 3 is 2.38 bits per heavy atom. The second-order valence-electron chi connectivity index (χ2n) is 6.10. The molecular weight excluding hydrogens is 328 g/mol. The molecule has 0 atom stereocenters. The Labute approximate surface area is 157 Å². The summed E-state index contributed by atoms with van der Waals surface area (Å²) in [6.45, 7) is 10.0. The molecule has 0 amide bonds. The maximum absolute atomic E-state index is 10.5. The number of carbonyl (C=O) groups is 1. The average molecular weight is 360 g/mol. The van der Waals surface area contributed by atoms with Gasteiger partial charge in [0.05, 0.1) is 7.11 Å². The Morgan fingerprint density at radius 2 is 1.85 bits per heavy atom. The third-order valence-corrected chi connectivity index (χ3v) is 3.37. The van der Waals surface area contributed by atoms with Gasteiger partial charge in [0.2, 0.25) is 0 Å². The third kappa shape index (κ3) is 12.0. The number of phenolic OH excluding ortho intramolecular Hbond substituents is 1. The fourth-order valence-electron chi connectivity index (χ4n) is 1.98. The SMILES string of the molecule is CC(=O)OC/C=C(/C)CCC=C(C)C.CC=Cc1ccc(O)c(OC)c1. The Kier molecular flexibility index (Phi) is 12.4. The first-order valence-electron chi connectivity index (χ1n) is 8.72. The molecule has 4 nitrogen and oxygen atoms in total. The van der Waals surface area contributed by atoms with E-state index in [1.54, 1.807) is 12.1 Å². The fourth-order valence-corrected chi connectivity index (χ4v) is 1.98. The molecule has 1 N–H and O–H groups in total. The number of aromatic hydroxyl groups is 1. The van der Waals surface area contributed by atoms with Crippen molar-refractivity contribution in [3.63, 3.8) is 0 Å². The molecule has 0 aliphatic carbocycles. The van der Waals surface area contributed by atoms with Gasteiger partial charge in [0.15, 0.2) is 11.5 Å². The second-order valence-corrected chi connectivity index (χ2v) is 6.10. The number of methoxy groups -OCH3 is 1. The fraction of sp³-hybridized carbons (Fsp3) is 0.409. The molecule has 0 aromatic heterocycles. The molecule has 0 radical (unpaired) electrons. The van der Waals surface area contributed by atoms with Gasteiger partial charge in [-0.25, -0.2) is 0 Å². The minimum absolute atomic E-state index is 0.172. The van der Waals surface area contributed by atoms with E-state index in [1.807, 2.05) is 31.2 Å². The first-order valence-corrected chi connectivity index (χ1v) is 8.72. The smallest absolute Gasteiger partial charge is 0.302 e. The minimum Gasteiger partial charge on any atom is -0.504 e. The van der Waals surface area contributed by atoms with Crippen LogP contribution in [0.25, 0.3) is 6.08 Å². The van der Waals surface area contributed by atoms with Gasteiger partial charge in [-0.15, -0.1) is 0 Å². The number of carbonyl (C=O) groups excluding carboxylic acids is 1. The van der Waals surface area contributed by atoms with Crippen LogP contribution in [0, 0.1) is 0 Å². The number of esters is 1. The number of phenols is 1. The molecule has 0 saturated carbocycles. The molecule has 0 heterocycles. The van der Waals surface area contributed by atoms with Gasteiger partial charge in [-0.05, 0) is 64.3 Å². The van der Waals surface area contributed by atoms with Crippen molar-refractivity contribution in [1.82, 2.24) is 0 Å². The summed E-state index contributed by atoms with van der Waals surface area (Å²) < 4.78 is 9.76. The zero-order valence-corrected chi connectivity index (χ0v) is 16.8. The summed E-state index contributed by atoms with van der Waals surface area (Å²) in [4.78, 5) is 10.5. The second kappa shape index (κ2) is 13.8. The topological polar surface area (TPSA) is 55.8 Å². The Balaban J connectivity index is 0.000000485. The highest BCUT2D eigenvalue weighted by Gasteiger charge is 1.99. The number of hydrogen-bond donors (Lipinski definition) is 1. The van der Waals surface area contributed by atoms with E-state index in [9.17, 15) is 9.90 Å². The molecule has 0 aliphatic rings. The van der Waals surface area contributed by atoms with Gasteiger partial charge in [-0.2, -0.15) is 0 Å². The molecule has 26 heavy (non-hydrogen) atoms. The van der Waals surface area contributed by atoms with Gasteiger partial charge in [0, 0.05) is 6.92 Å². The highest BCUT2D eigenvalue weighted by Crippen LogP contribution is 2.26. The molecule has 0 bridgehead atoms. The van der Waals surface area contributed by atoms with Crippen molar-refractivity contribution in [2.24, 2.45) is 0 Å². The molecule has 0 spiro atoms. The first-order chi connectivity index (χ1) is 12.3. The maximum Gasteiger partial charge on any atom is 0.302 e. The molecule has 0 saturated heterocycles. The zero-order chi connectivity index (χ0) is 19.9. The standard InChI is InChI=1S/C12H20O2.C10H12O2/c1-10(2)6-5-7-11(3)8-9-14-12(4)13;1-3-4-8-5-6-9(11)10(7-8)12-2/h6,8H,5,7,9H2,1-4H3;3-7,11H,1-2H3/b11-8-;. The van der Waals surface area contributed by atoms with Gasteiger partial charge in [0.1, 0.15) is 6.61 Å². The van der Waals surface area contributed by atoms with Crippen LogP contribution in [0.3, 0.4) is 0 Å². The van der Waals surface area contributed by atoms with Crippen LogP contribution in [0.5, 0.6) is 11.5 Å². The van der Waals surface area contributed by atoms with Crippen LogP contribution < -0.4 is 4.74 Å². The lowest BCUT2D eigenvalue weighted by Crippen LogP contribution is -1.98. The van der Waals surface area contributed by atoms with Crippen LogP contribution in [-0.4, -0.2) is 24.8 Å². The molecule has 0 unspecified atom stereocenters. The lowest BCUT2D eigenvalue weighted by atomic mass is 10.1. The van der Waals surface area contributed by atoms with Gasteiger partial charge < -0.3 is 14.6 Å². The van der Waals surface area contributed by atoms with Crippen molar-refractivity contribution in [3.8, 4) is 11.5 Å². The van der Waals surface area contributed by atoms with Crippen LogP contribution in [0.2, 0.25) is 0 Å². The van der Waals surface area contributed by atoms with E-state index in [0.717, 1.165) is 18.4 Å².